The molecule has 0 spiro atoms. The Kier molecular flexibility index (Phi) is 6.87. The smallest absolute Gasteiger partial charge is 0.161 e. The Morgan fingerprint density at radius 2 is 1.95 bits per heavy atom. The molecule has 0 unspecified atom stereocenters. The Labute approximate surface area is 129 Å². The maximum atomic E-state index is 5.85. The van der Waals surface area contributed by atoms with Crippen LogP contribution >= 0.6 is 0 Å². The average molecular weight is 291 g/mol. The van der Waals surface area contributed by atoms with Gasteiger partial charge in [-0.25, -0.2) is 0 Å². The minimum Gasteiger partial charge on any atom is -0.493 e. The van der Waals surface area contributed by atoms with E-state index in [1.807, 2.05) is 6.07 Å². The highest BCUT2D eigenvalue weighted by Gasteiger charge is 2.11. The van der Waals surface area contributed by atoms with Crippen molar-refractivity contribution >= 4 is 0 Å². The molecule has 3 nitrogen and oxygen atoms in total. The summed E-state index contributed by atoms with van der Waals surface area (Å²) in [7, 11) is 1.70. The summed E-state index contributed by atoms with van der Waals surface area (Å²) < 4.78 is 11.3. The van der Waals surface area contributed by atoms with Crippen molar-refractivity contribution in [2.75, 3.05) is 20.3 Å². The van der Waals surface area contributed by atoms with Crippen LogP contribution < -0.4 is 14.8 Å². The van der Waals surface area contributed by atoms with Crippen LogP contribution in [0.3, 0.4) is 0 Å². The van der Waals surface area contributed by atoms with Gasteiger partial charge in [-0.15, -0.1) is 0 Å². The molecule has 118 valence electrons. The molecule has 1 aromatic rings. The number of aryl methyl sites for hydroxylation is 1. The Balaban J connectivity index is 1.68. The van der Waals surface area contributed by atoms with Crippen LogP contribution in [0.2, 0.25) is 0 Å². The number of ether oxygens (including phenoxy) is 2. The summed E-state index contributed by atoms with van der Waals surface area (Å²) in [5.74, 6) is 1.70. The maximum absolute atomic E-state index is 5.85. The highest BCUT2D eigenvalue weighted by Crippen LogP contribution is 2.28. The molecule has 21 heavy (non-hydrogen) atoms. The van der Waals surface area contributed by atoms with E-state index in [1.165, 1.54) is 37.7 Å². The van der Waals surface area contributed by atoms with Gasteiger partial charge in [0, 0.05) is 6.04 Å². The molecule has 1 aromatic carbocycles. The summed E-state index contributed by atoms with van der Waals surface area (Å²) in [4.78, 5) is 0. The molecule has 1 fully saturated rings. The average Bonchev–Trinajstić information content (AvgIpc) is 2.55. The zero-order valence-electron chi connectivity index (χ0n) is 13.5. The summed E-state index contributed by atoms with van der Waals surface area (Å²) in [6.45, 7) is 3.92. The van der Waals surface area contributed by atoms with Crippen LogP contribution in [0.25, 0.3) is 0 Å². The molecule has 2 rings (SSSR count). The Hall–Kier alpha value is -1.22. The fraction of sp³-hybridized carbons (Fsp3) is 0.667. The number of benzene rings is 1. The van der Waals surface area contributed by atoms with Crippen molar-refractivity contribution in [3.05, 3.63) is 23.8 Å². The van der Waals surface area contributed by atoms with E-state index in [9.17, 15) is 0 Å². The minimum atomic E-state index is 0.733. The molecule has 0 amide bonds. The van der Waals surface area contributed by atoms with Gasteiger partial charge in [-0.2, -0.15) is 0 Å². The molecule has 1 aliphatic rings. The van der Waals surface area contributed by atoms with Gasteiger partial charge < -0.3 is 14.8 Å². The van der Waals surface area contributed by atoms with Gasteiger partial charge in [-0.05, 0) is 49.9 Å². The lowest BCUT2D eigenvalue weighted by molar-refractivity contribution is 0.280. The second-order valence-electron chi connectivity index (χ2n) is 5.83. The molecule has 1 aliphatic carbocycles. The lowest BCUT2D eigenvalue weighted by Crippen LogP contribution is -2.32. The highest BCUT2D eigenvalue weighted by atomic mass is 16.5. The summed E-state index contributed by atoms with van der Waals surface area (Å²) in [6, 6.07) is 6.93. The Morgan fingerprint density at radius 3 is 2.67 bits per heavy atom. The van der Waals surface area contributed by atoms with E-state index < -0.39 is 0 Å². The van der Waals surface area contributed by atoms with E-state index in [-0.39, 0.29) is 0 Å². The topological polar surface area (TPSA) is 30.5 Å². The van der Waals surface area contributed by atoms with Gasteiger partial charge in [-0.3, -0.25) is 0 Å². The minimum absolute atomic E-state index is 0.733. The predicted octanol–water partition coefficient (Wildman–Crippen LogP) is 3.95. The number of hydrogen-bond acceptors (Lipinski definition) is 3. The third kappa shape index (κ3) is 5.24. The van der Waals surface area contributed by atoms with Gasteiger partial charge in [0.15, 0.2) is 11.5 Å². The van der Waals surface area contributed by atoms with Gasteiger partial charge in [0.2, 0.25) is 0 Å². The van der Waals surface area contributed by atoms with Crippen molar-refractivity contribution in [2.24, 2.45) is 0 Å². The second-order valence-corrected chi connectivity index (χ2v) is 5.83. The summed E-state index contributed by atoms with van der Waals surface area (Å²) in [6.07, 6.45) is 8.91. The van der Waals surface area contributed by atoms with Crippen LogP contribution in [0.5, 0.6) is 11.5 Å². The molecule has 0 heterocycles. The number of nitrogens with one attached hydrogen (secondary N) is 1. The van der Waals surface area contributed by atoms with Crippen LogP contribution in [0.1, 0.15) is 51.0 Å². The van der Waals surface area contributed by atoms with Crippen molar-refractivity contribution in [3.63, 3.8) is 0 Å². The number of methoxy groups -OCH3 is 1. The standard InChI is InChI=1S/C18H29NO2/c1-3-15-10-11-17(18(14-15)20-2)21-13-7-12-19-16-8-5-4-6-9-16/h10-11,14,16,19H,3-9,12-13H2,1-2H3. The van der Waals surface area contributed by atoms with Crippen molar-refractivity contribution in [1.29, 1.82) is 0 Å². The summed E-state index contributed by atoms with van der Waals surface area (Å²) >= 11 is 0. The normalized spacial score (nSPS) is 15.9. The number of hydrogen-bond donors (Lipinski definition) is 1. The fourth-order valence-corrected chi connectivity index (χ4v) is 2.92. The molecular formula is C18H29NO2. The zero-order chi connectivity index (χ0) is 14.9. The fourth-order valence-electron chi connectivity index (χ4n) is 2.92. The maximum Gasteiger partial charge on any atom is 0.161 e. The van der Waals surface area contributed by atoms with E-state index in [2.05, 4.69) is 24.4 Å². The van der Waals surface area contributed by atoms with Gasteiger partial charge in [0.25, 0.3) is 0 Å². The zero-order valence-corrected chi connectivity index (χ0v) is 13.5. The molecule has 0 atom stereocenters. The predicted molar refractivity (Wildman–Crippen MR) is 87.4 cm³/mol. The molecule has 0 aliphatic heterocycles. The van der Waals surface area contributed by atoms with Gasteiger partial charge in [0.1, 0.15) is 0 Å². The van der Waals surface area contributed by atoms with Gasteiger partial charge >= 0.3 is 0 Å². The van der Waals surface area contributed by atoms with Gasteiger partial charge in [0.05, 0.1) is 13.7 Å². The molecule has 0 aromatic heterocycles. The second kappa shape index (κ2) is 8.93. The highest BCUT2D eigenvalue weighted by molar-refractivity contribution is 5.42. The van der Waals surface area contributed by atoms with E-state index in [0.717, 1.165) is 43.5 Å². The molecular weight excluding hydrogens is 262 g/mol. The van der Waals surface area contributed by atoms with Crippen LogP contribution in [-0.2, 0) is 6.42 Å². The molecule has 1 saturated carbocycles. The third-order valence-electron chi connectivity index (χ3n) is 4.25. The first kappa shape index (κ1) is 16.2. The Bertz CT molecular complexity index is 414. The lowest BCUT2D eigenvalue weighted by Gasteiger charge is -2.22. The van der Waals surface area contributed by atoms with Gasteiger partial charge in [-0.1, -0.05) is 32.3 Å². The quantitative estimate of drug-likeness (QED) is 0.736. The molecule has 0 radical (unpaired) electrons. The van der Waals surface area contributed by atoms with Crippen molar-refractivity contribution in [1.82, 2.24) is 5.32 Å². The van der Waals surface area contributed by atoms with E-state index in [4.69, 9.17) is 9.47 Å². The molecule has 0 bridgehead atoms. The Morgan fingerprint density at radius 1 is 1.14 bits per heavy atom. The van der Waals surface area contributed by atoms with Crippen molar-refractivity contribution < 1.29 is 9.47 Å². The monoisotopic (exact) mass is 291 g/mol. The summed E-state index contributed by atoms with van der Waals surface area (Å²) in [5.41, 5.74) is 1.28. The SMILES string of the molecule is CCc1ccc(OCCCNC2CCCCC2)c(OC)c1. The number of rotatable bonds is 8. The lowest BCUT2D eigenvalue weighted by atomic mass is 9.95. The van der Waals surface area contributed by atoms with Crippen LogP contribution in [0.4, 0.5) is 0 Å². The van der Waals surface area contributed by atoms with Crippen LogP contribution in [0.15, 0.2) is 18.2 Å². The van der Waals surface area contributed by atoms with Crippen LogP contribution in [0, 0.1) is 0 Å². The first-order chi connectivity index (χ1) is 10.3. The first-order valence-corrected chi connectivity index (χ1v) is 8.36. The molecule has 3 heteroatoms. The van der Waals surface area contributed by atoms with E-state index in [1.54, 1.807) is 7.11 Å². The van der Waals surface area contributed by atoms with E-state index in [0.29, 0.717) is 0 Å². The molecule has 0 saturated heterocycles. The van der Waals surface area contributed by atoms with Crippen molar-refractivity contribution in [3.8, 4) is 11.5 Å². The van der Waals surface area contributed by atoms with Crippen LogP contribution in [-0.4, -0.2) is 26.3 Å². The van der Waals surface area contributed by atoms with Crippen molar-refractivity contribution in [2.45, 2.75) is 57.9 Å². The van der Waals surface area contributed by atoms with E-state index >= 15 is 0 Å². The first-order valence-electron chi connectivity index (χ1n) is 8.36. The summed E-state index contributed by atoms with van der Waals surface area (Å²) in [5, 5.41) is 3.64. The molecule has 1 N–H and O–H groups in total. The largest absolute Gasteiger partial charge is 0.493 e. The third-order valence-corrected chi connectivity index (χ3v) is 4.25.